The van der Waals surface area contributed by atoms with Gasteiger partial charge in [-0.1, -0.05) is 41.5 Å². The van der Waals surface area contributed by atoms with E-state index in [0.29, 0.717) is 32.0 Å². The van der Waals surface area contributed by atoms with E-state index in [1.807, 2.05) is 6.92 Å². The Morgan fingerprint density at radius 3 is 1.12 bits per heavy atom. The van der Waals surface area contributed by atoms with Crippen LogP contribution in [0.2, 0.25) is 0 Å². The van der Waals surface area contributed by atoms with Crippen molar-refractivity contribution in [3.63, 3.8) is 0 Å². The minimum Gasteiger partial charge on any atom is -0.411 e. The van der Waals surface area contributed by atoms with Crippen LogP contribution in [0.15, 0.2) is 0 Å². The molecular formula is C23H45N3O4Y3-6. The zero-order valence-electron chi connectivity index (χ0n) is 21.8. The van der Waals surface area contributed by atoms with Gasteiger partial charge in [-0.3, -0.25) is 0 Å². The van der Waals surface area contributed by atoms with Gasteiger partial charge in [-0.15, -0.1) is 19.6 Å². The van der Waals surface area contributed by atoms with Crippen LogP contribution in [0.5, 0.6) is 0 Å². The Bertz CT molecular complexity index is 394. The third-order valence-electron chi connectivity index (χ3n) is 2.02. The molecule has 3 radical (unpaired) electrons. The maximum Gasteiger partial charge on any atom is 0.119 e. The average molecular weight is 694 g/mol. The fourth-order valence-electron chi connectivity index (χ4n) is 1.04. The molecule has 0 heterocycles. The number of rotatable bonds is 6. The standard InChI is InChI=1S/C8H15NO.2C4H7NO.C4H10.C3H6O.3Y/c1-5-9(8(4)10)6-7(2)3;2*1-3-5-4(2)6;1-4(2)3;1-2-3-4;;;/h7H,1,4-6H2,2-3H3;2*1-3H2,(H,5,6);4H,1-3H3;3H,2H2,1H3;;;/q3*-2;;;;;. The summed E-state index contributed by atoms with van der Waals surface area (Å²) < 4.78 is 0. The maximum absolute atomic E-state index is 10.7. The van der Waals surface area contributed by atoms with E-state index in [2.05, 4.69) is 86.8 Å². The number of carbonyl (C=O) groups excluding carboxylic acids is 4. The summed E-state index contributed by atoms with van der Waals surface area (Å²) >= 11 is 0. The molecule has 0 unspecified atom stereocenters. The molecule has 0 saturated carbocycles. The second kappa shape index (κ2) is 46.4. The van der Waals surface area contributed by atoms with Crippen LogP contribution in [0, 0.1) is 53.4 Å². The Morgan fingerprint density at radius 2 is 1.09 bits per heavy atom. The molecule has 0 spiro atoms. The van der Waals surface area contributed by atoms with Gasteiger partial charge in [0.15, 0.2) is 0 Å². The average Bonchev–Trinajstić information content (AvgIpc) is 2.59. The number of aldehydes is 1. The van der Waals surface area contributed by atoms with Crippen molar-refractivity contribution in [2.45, 2.75) is 48.0 Å². The maximum atomic E-state index is 10.7. The monoisotopic (exact) mass is 694 g/mol. The Morgan fingerprint density at radius 1 is 0.818 bits per heavy atom. The third-order valence-corrected chi connectivity index (χ3v) is 2.02. The van der Waals surface area contributed by atoms with Gasteiger partial charge in [0, 0.05) is 111 Å². The van der Waals surface area contributed by atoms with Gasteiger partial charge in [0.25, 0.3) is 0 Å². The Hall–Kier alpha value is 1.00. The summed E-state index contributed by atoms with van der Waals surface area (Å²) in [5.74, 6) is 0.645. The van der Waals surface area contributed by atoms with Gasteiger partial charge < -0.3 is 76.3 Å². The topological polar surface area (TPSA) is 95.6 Å². The molecule has 0 aliphatic heterocycles. The summed E-state index contributed by atoms with van der Waals surface area (Å²) in [7, 11) is 0. The van der Waals surface area contributed by atoms with Crippen LogP contribution < -0.4 is 10.6 Å². The van der Waals surface area contributed by atoms with E-state index in [4.69, 9.17) is 0 Å². The van der Waals surface area contributed by atoms with E-state index in [0.717, 1.165) is 18.7 Å². The van der Waals surface area contributed by atoms with Gasteiger partial charge in [0.1, 0.15) is 6.29 Å². The van der Waals surface area contributed by atoms with E-state index in [1.54, 1.807) is 4.90 Å². The van der Waals surface area contributed by atoms with E-state index >= 15 is 0 Å². The second-order valence-electron chi connectivity index (χ2n) is 6.74. The minimum absolute atomic E-state index is 0. The molecule has 0 rings (SSSR count). The molecule has 3 amide bonds. The fourth-order valence-corrected chi connectivity index (χ4v) is 1.04. The van der Waals surface area contributed by atoms with Gasteiger partial charge in [0.2, 0.25) is 0 Å². The fraction of sp³-hybridized carbons (Fsp3) is 0.565. The predicted octanol–water partition coefficient (Wildman–Crippen LogP) is 2.93. The zero-order valence-corrected chi connectivity index (χ0v) is 30.3. The largest absolute Gasteiger partial charge is 0.411 e. The Balaban J connectivity index is -0.0000000404. The van der Waals surface area contributed by atoms with Crippen LogP contribution in [0.1, 0.15) is 48.0 Å². The molecule has 0 aliphatic carbocycles. The van der Waals surface area contributed by atoms with Crippen LogP contribution in [0.25, 0.3) is 0 Å². The zero-order chi connectivity index (χ0) is 25.1. The molecule has 0 aromatic carbocycles. The van der Waals surface area contributed by atoms with Crippen molar-refractivity contribution < 1.29 is 117 Å². The van der Waals surface area contributed by atoms with Gasteiger partial charge >= 0.3 is 0 Å². The molecule has 0 aromatic heterocycles. The molecule has 191 valence electrons. The first-order valence-electron chi connectivity index (χ1n) is 9.88. The molecule has 0 bridgehead atoms. The van der Waals surface area contributed by atoms with Crippen molar-refractivity contribution in [1.29, 1.82) is 0 Å². The van der Waals surface area contributed by atoms with Gasteiger partial charge in [-0.25, -0.2) is 0 Å². The molecule has 0 atom stereocenters. The molecule has 0 aliphatic rings. The van der Waals surface area contributed by atoms with Crippen molar-refractivity contribution in [2.24, 2.45) is 11.8 Å². The van der Waals surface area contributed by atoms with Crippen LogP contribution >= 0.6 is 0 Å². The number of nitrogens with zero attached hydrogens (tertiary/aromatic N) is 1. The molecule has 0 saturated heterocycles. The Kier molecular flexibility index (Phi) is 76.9. The first kappa shape index (κ1) is 54.8. The molecule has 0 fully saturated rings. The number of amides is 3. The van der Waals surface area contributed by atoms with Gasteiger partial charge in [0.05, 0.1) is 17.7 Å². The second-order valence-corrected chi connectivity index (χ2v) is 6.74. The van der Waals surface area contributed by atoms with Crippen LogP contribution in [-0.2, 0) is 117 Å². The van der Waals surface area contributed by atoms with E-state index < -0.39 is 0 Å². The van der Waals surface area contributed by atoms with Gasteiger partial charge in [-0.05, 0) is 11.8 Å². The molecule has 0 aromatic rings. The molecule has 2 N–H and O–H groups in total. The smallest absolute Gasteiger partial charge is 0.119 e. The molecule has 10 heteroatoms. The van der Waals surface area contributed by atoms with Crippen molar-refractivity contribution in [3.8, 4) is 0 Å². The Labute approximate surface area is 280 Å². The van der Waals surface area contributed by atoms with E-state index in [-0.39, 0.29) is 116 Å². The first-order valence-corrected chi connectivity index (χ1v) is 9.88. The molecule has 33 heavy (non-hydrogen) atoms. The van der Waals surface area contributed by atoms with E-state index in [1.165, 1.54) is 0 Å². The quantitative estimate of drug-likeness (QED) is 0.331. The third kappa shape index (κ3) is 97.9. The van der Waals surface area contributed by atoms with Gasteiger partial charge in [-0.2, -0.15) is 0 Å². The predicted molar refractivity (Wildman–Crippen MR) is 126 cm³/mol. The van der Waals surface area contributed by atoms with Crippen molar-refractivity contribution in [1.82, 2.24) is 15.5 Å². The summed E-state index contributed by atoms with van der Waals surface area (Å²) in [4.78, 5) is 41.1. The number of hydrogen-bond acceptors (Lipinski definition) is 4. The summed E-state index contributed by atoms with van der Waals surface area (Å²) in [6, 6.07) is 0. The van der Waals surface area contributed by atoms with E-state index in [9.17, 15) is 19.2 Å². The van der Waals surface area contributed by atoms with Crippen molar-refractivity contribution >= 4 is 24.0 Å². The number of carbonyl (C=O) groups is 4. The molecular weight excluding hydrogens is 649 g/mol. The van der Waals surface area contributed by atoms with Crippen molar-refractivity contribution in [3.05, 3.63) is 41.5 Å². The summed E-state index contributed by atoms with van der Waals surface area (Å²) in [5.41, 5.74) is 0. The van der Waals surface area contributed by atoms with Crippen molar-refractivity contribution in [2.75, 3.05) is 26.2 Å². The SMILES string of the molecule is CC(C)C.CCC=O.[CH2-]CN(CC(C)C)C([CH2-])=O.[CH2-]CNC([CH2-])=O.[CH2-]CNC([CH2-])=O.[Y].[Y].[Y]. The summed E-state index contributed by atoms with van der Waals surface area (Å²) in [6.07, 6.45) is 1.51. The first-order chi connectivity index (χ1) is 13.8. The molecule has 7 nitrogen and oxygen atoms in total. The summed E-state index contributed by atoms with van der Waals surface area (Å²) in [5, 5.41) is 4.69. The summed E-state index contributed by atoms with van der Waals surface area (Å²) in [6.45, 7) is 34.3. The minimum atomic E-state index is -0.273. The number of nitrogens with one attached hydrogen (secondary N) is 2. The number of hydrogen-bond donors (Lipinski definition) is 2. The van der Waals surface area contributed by atoms with Crippen LogP contribution in [0.4, 0.5) is 0 Å². The normalized spacial score (nSPS) is 7.61. The van der Waals surface area contributed by atoms with Crippen LogP contribution in [-0.4, -0.2) is 55.1 Å². The van der Waals surface area contributed by atoms with Crippen LogP contribution in [0.3, 0.4) is 0 Å².